The lowest BCUT2D eigenvalue weighted by Gasteiger charge is -2.06. The van der Waals surface area contributed by atoms with Crippen molar-refractivity contribution in [1.29, 1.82) is 0 Å². The van der Waals surface area contributed by atoms with E-state index in [0.717, 1.165) is 6.07 Å². The van der Waals surface area contributed by atoms with Gasteiger partial charge in [-0.1, -0.05) is 12.1 Å². The van der Waals surface area contributed by atoms with Crippen LogP contribution >= 0.6 is 0 Å². The Hall–Kier alpha value is -0.960. The van der Waals surface area contributed by atoms with Gasteiger partial charge >= 0.3 is 0 Å². The molecule has 0 amide bonds. The summed E-state index contributed by atoms with van der Waals surface area (Å²) < 4.78 is 61.0. The van der Waals surface area contributed by atoms with Crippen LogP contribution in [0.5, 0.6) is 0 Å². The molecule has 15 heavy (non-hydrogen) atoms. The van der Waals surface area contributed by atoms with E-state index in [2.05, 4.69) is 0 Å². The molecule has 0 bridgehead atoms. The highest BCUT2D eigenvalue weighted by Crippen LogP contribution is 2.23. The van der Waals surface area contributed by atoms with E-state index < -0.39 is 30.0 Å². The Morgan fingerprint density at radius 1 is 1.00 bits per heavy atom. The molecule has 0 unspecified atom stereocenters. The lowest BCUT2D eigenvalue weighted by molar-refractivity contribution is 0.466. The third kappa shape index (κ3) is 2.53. The minimum atomic E-state index is -4.69. The molecule has 0 saturated carbocycles. The Kier molecular flexibility index (Phi) is 2.88. The molecule has 0 atom stereocenters. The average Bonchev–Trinajstić information content (AvgIpc) is 1.99. The van der Waals surface area contributed by atoms with Crippen molar-refractivity contribution in [1.82, 2.24) is 0 Å². The van der Waals surface area contributed by atoms with Crippen LogP contribution in [0.25, 0.3) is 0 Å². The first-order chi connectivity index (χ1) is 6.64. The minimum absolute atomic E-state index is 0.0348. The molecular formula is C7H8O6S2. The molecule has 2 N–H and O–H groups in total. The van der Waals surface area contributed by atoms with Crippen molar-refractivity contribution in [2.24, 2.45) is 0 Å². The highest BCUT2D eigenvalue weighted by atomic mass is 32.2. The van der Waals surface area contributed by atoms with Crippen LogP contribution in [0.1, 0.15) is 5.56 Å². The number of hydrogen-bond donors (Lipinski definition) is 2. The third-order valence-corrected chi connectivity index (χ3v) is 3.79. The van der Waals surface area contributed by atoms with Crippen molar-refractivity contribution in [3.63, 3.8) is 0 Å². The molecule has 1 aromatic carbocycles. The number of rotatable bonds is 2. The molecule has 0 aliphatic heterocycles. The molecule has 0 aliphatic carbocycles. The highest BCUT2D eigenvalue weighted by molar-refractivity contribution is 7.89. The summed E-state index contributed by atoms with van der Waals surface area (Å²) >= 11 is 0. The van der Waals surface area contributed by atoms with Gasteiger partial charge in [-0.15, -0.1) is 0 Å². The van der Waals surface area contributed by atoms with E-state index in [1.807, 2.05) is 0 Å². The normalized spacial score (nSPS) is 12.7. The van der Waals surface area contributed by atoms with Gasteiger partial charge in [0.05, 0.1) is 0 Å². The largest absolute Gasteiger partial charge is 0.296 e. The molecule has 0 radical (unpaired) electrons. The van der Waals surface area contributed by atoms with Crippen molar-refractivity contribution in [2.75, 3.05) is 0 Å². The van der Waals surface area contributed by atoms with Gasteiger partial charge in [-0.25, -0.2) is 0 Å². The van der Waals surface area contributed by atoms with E-state index in [0.29, 0.717) is 0 Å². The van der Waals surface area contributed by atoms with Gasteiger partial charge < -0.3 is 0 Å². The summed E-state index contributed by atoms with van der Waals surface area (Å²) in [6.07, 6.45) is 0. The van der Waals surface area contributed by atoms with E-state index >= 15 is 0 Å². The maximum absolute atomic E-state index is 10.9. The van der Waals surface area contributed by atoms with Gasteiger partial charge in [0.25, 0.3) is 20.2 Å². The zero-order valence-electron chi connectivity index (χ0n) is 7.58. The molecule has 84 valence electrons. The monoisotopic (exact) mass is 252 g/mol. The molecule has 0 aromatic heterocycles. The number of hydrogen-bond acceptors (Lipinski definition) is 4. The lowest BCUT2D eigenvalue weighted by Crippen LogP contribution is -2.09. The molecule has 0 saturated heterocycles. The maximum Gasteiger partial charge on any atom is 0.296 e. The Morgan fingerprint density at radius 2 is 1.53 bits per heavy atom. The third-order valence-electron chi connectivity index (χ3n) is 1.71. The SMILES string of the molecule is Cc1cccc(S(=O)(=O)O)c1S(=O)(=O)O. The first kappa shape index (κ1) is 12.1. The van der Waals surface area contributed by atoms with E-state index in [-0.39, 0.29) is 5.56 Å². The first-order valence-electron chi connectivity index (χ1n) is 3.68. The van der Waals surface area contributed by atoms with Crippen molar-refractivity contribution in [2.45, 2.75) is 16.7 Å². The van der Waals surface area contributed by atoms with Crippen LogP contribution in [0.4, 0.5) is 0 Å². The molecule has 8 heteroatoms. The number of aryl methyl sites for hydroxylation is 1. The molecule has 1 aromatic rings. The summed E-state index contributed by atoms with van der Waals surface area (Å²) in [7, 11) is -9.36. The van der Waals surface area contributed by atoms with Crippen molar-refractivity contribution < 1.29 is 25.9 Å². The summed E-state index contributed by atoms with van der Waals surface area (Å²) in [5.74, 6) is 0. The van der Waals surface area contributed by atoms with Crippen LogP contribution < -0.4 is 0 Å². The van der Waals surface area contributed by atoms with Crippen LogP contribution in [0, 0.1) is 6.92 Å². The molecule has 0 fully saturated rings. The Morgan fingerprint density at radius 3 is 1.87 bits per heavy atom. The quantitative estimate of drug-likeness (QED) is 0.741. The standard InChI is InChI=1S/C7H8O6S2/c1-5-3-2-4-6(14(8,9)10)7(5)15(11,12)13/h2-4H,1H3,(H,8,9,10)(H,11,12,13). The Balaban J connectivity index is 3.79. The lowest BCUT2D eigenvalue weighted by atomic mass is 10.2. The van der Waals surface area contributed by atoms with Crippen LogP contribution in [0.15, 0.2) is 28.0 Å². The van der Waals surface area contributed by atoms with Gasteiger partial charge in [-0.2, -0.15) is 16.8 Å². The predicted octanol–water partition coefficient (Wildman–Crippen LogP) is 0.488. The maximum atomic E-state index is 10.9. The Labute approximate surface area is 87.1 Å². The van der Waals surface area contributed by atoms with Crippen molar-refractivity contribution in [3.8, 4) is 0 Å². The van der Waals surface area contributed by atoms with Crippen LogP contribution in [0.3, 0.4) is 0 Å². The Bertz CT molecular complexity index is 584. The molecule has 6 nitrogen and oxygen atoms in total. The van der Waals surface area contributed by atoms with E-state index in [1.165, 1.54) is 19.1 Å². The van der Waals surface area contributed by atoms with Crippen molar-refractivity contribution in [3.05, 3.63) is 23.8 Å². The zero-order chi connectivity index (χ0) is 11.9. The molecular weight excluding hydrogens is 244 g/mol. The van der Waals surface area contributed by atoms with E-state index in [9.17, 15) is 16.8 Å². The minimum Gasteiger partial charge on any atom is -0.282 e. The van der Waals surface area contributed by atoms with Gasteiger partial charge in [0.1, 0.15) is 9.79 Å². The molecule has 0 aliphatic rings. The van der Waals surface area contributed by atoms with Crippen LogP contribution in [-0.2, 0) is 20.2 Å². The van der Waals surface area contributed by atoms with Crippen molar-refractivity contribution >= 4 is 20.2 Å². The van der Waals surface area contributed by atoms with E-state index in [1.54, 1.807) is 0 Å². The fourth-order valence-electron chi connectivity index (χ4n) is 1.16. The summed E-state index contributed by atoms with van der Waals surface area (Å²) in [5.41, 5.74) is 0.0348. The van der Waals surface area contributed by atoms with Gasteiger partial charge in [-0.05, 0) is 18.6 Å². The number of benzene rings is 1. The van der Waals surface area contributed by atoms with Crippen LogP contribution in [-0.4, -0.2) is 25.9 Å². The van der Waals surface area contributed by atoms with Gasteiger partial charge in [-0.3, -0.25) is 9.11 Å². The van der Waals surface area contributed by atoms with Crippen LogP contribution in [0.2, 0.25) is 0 Å². The second-order valence-corrected chi connectivity index (χ2v) is 5.60. The summed E-state index contributed by atoms with van der Waals surface area (Å²) in [6, 6.07) is 3.45. The molecule has 0 spiro atoms. The highest BCUT2D eigenvalue weighted by Gasteiger charge is 2.25. The average molecular weight is 252 g/mol. The van der Waals surface area contributed by atoms with E-state index in [4.69, 9.17) is 9.11 Å². The second kappa shape index (κ2) is 3.56. The zero-order valence-corrected chi connectivity index (χ0v) is 9.21. The molecule has 1 rings (SSSR count). The summed E-state index contributed by atoms with van der Waals surface area (Å²) in [4.78, 5) is -1.63. The second-order valence-electron chi connectivity index (χ2n) is 2.85. The topological polar surface area (TPSA) is 109 Å². The van der Waals surface area contributed by atoms with Gasteiger partial charge in [0, 0.05) is 0 Å². The smallest absolute Gasteiger partial charge is 0.282 e. The predicted molar refractivity (Wildman–Crippen MR) is 50.8 cm³/mol. The summed E-state index contributed by atoms with van der Waals surface area (Å²) in [5, 5.41) is 0. The summed E-state index contributed by atoms with van der Waals surface area (Å²) in [6.45, 7) is 1.30. The fraction of sp³-hybridized carbons (Fsp3) is 0.143. The molecule has 0 heterocycles. The van der Waals surface area contributed by atoms with Gasteiger partial charge in [0.2, 0.25) is 0 Å². The first-order valence-corrected chi connectivity index (χ1v) is 6.56. The fourth-order valence-corrected chi connectivity index (χ4v) is 3.23. The van der Waals surface area contributed by atoms with Gasteiger partial charge in [0.15, 0.2) is 0 Å².